The number of nitrogens with two attached hydrogens (primary N) is 1. The molecule has 19 heavy (non-hydrogen) atoms. The third-order valence-electron chi connectivity index (χ3n) is 3.52. The van der Waals surface area contributed by atoms with Crippen molar-refractivity contribution in [2.45, 2.75) is 39.7 Å². The van der Waals surface area contributed by atoms with E-state index in [1.807, 2.05) is 0 Å². The summed E-state index contributed by atoms with van der Waals surface area (Å²) < 4.78 is 4.69. The van der Waals surface area contributed by atoms with E-state index >= 15 is 0 Å². The molecule has 0 fully saturated rings. The van der Waals surface area contributed by atoms with Crippen molar-refractivity contribution in [1.82, 2.24) is 4.98 Å². The quantitative estimate of drug-likeness (QED) is 0.773. The van der Waals surface area contributed by atoms with Gasteiger partial charge in [-0.3, -0.25) is 0 Å². The number of esters is 1. The highest BCUT2D eigenvalue weighted by Gasteiger charge is 2.18. The first kappa shape index (κ1) is 15.3. The van der Waals surface area contributed by atoms with Crippen LogP contribution in [0.1, 0.15) is 44.0 Å². The summed E-state index contributed by atoms with van der Waals surface area (Å²) in [4.78, 5) is 15.8. The molecule has 1 aromatic rings. The first-order valence-corrected chi connectivity index (χ1v) is 6.64. The summed E-state index contributed by atoms with van der Waals surface area (Å²) in [5.41, 5.74) is 6.65. The Labute approximate surface area is 114 Å². The average Bonchev–Trinajstić information content (AvgIpc) is 2.41. The number of carbonyl (C=O) groups excluding carboxylic acids is 1. The Morgan fingerprint density at radius 1 is 1.47 bits per heavy atom. The van der Waals surface area contributed by atoms with Gasteiger partial charge in [0.05, 0.1) is 18.4 Å². The molecule has 1 rings (SSSR count). The molecule has 1 unspecified atom stereocenters. The molecular weight excluding hydrogens is 242 g/mol. The van der Waals surface area contributed by atoms with Crippen molar-refractivity contribution in [2.75, 3.05) is 18.2 Å². The molecule has 0 saturated carbocycles. The molecule has 0 aromatic carbocycles. The second kappa shape index (κ2) is 6.97. The van der Waals surface area contributed by atoms with Crippen LogP contribution in [0.5, 0.6) is 0 Å². The van der Waals surface area contributed by atoms with E-state index in [-0.39, 0.29) is 6.04 Å². The molecular formula is C14H23N3O2. The summed E-state index contributed by atoms with van der Waals surface area (Å²) in [6, 6.07) is 1.81. The molecule has 0 spiro atoms. The Balaban J connectivity index is 2.93. The summed E-state index contributed by atoms with van der Waals surface area (Å²) in [5, 5.41) is 3.29. The standard InChI is InChI=1S/C14H23N3O2/c1-5-10(6-2)9(3)17-13-12(15)11(7-8-16-13)14(18)19-4/h7-10H,5-6,15H2,1-4H3,(H,16,17). The summed E-state index contributed by atoms with van der Waals surface area (Å²) in [7, 11) is 1.34. The zero-order valence-corrected chi connectivity index (χ0v) is 12.1. The van der Waals surface area contributed by atoms with Crippen LogP contribution < -0.4 is 11.1 Å². The predicted octanol–water partition coefficient (Wildman–Crippen LogP) is 2.69. The zero-order chi connectivity index (χ0) is 14.4. The fourth-order valence-electron chi connectivity index (χ4n) is 2.21. The predicted molar refractivity (Wildman–Crippen MR) is 77.1 cm³/mol. The van der Waals surface area contributed by atoms with E-state index in [0.29, 0.717) is 23.0 Å². The molecule has 0 bridgehead atoms. The van der Waals surface area contributed by atoms with Gasteiger partial charge in [0.1, 0.15) is 5.82 Å². The van der Waals surface area contributed by atoms with Gasteiger partial charge >= 0.3 is 5.97 Å². The van der Waals surface area contributed by atoms with Gasteiger partial charge in [-0.05, 0) is 18.9 Å². The van der Waals surface area contributed by atoms with Crippen LogP contribution in [-0.2, 0) is 4.74 Å². The maximum absolute atomic E-state index is 11.6. The van der Waals surface area contributed by atoms with Gasteiger partial charge in [-0.25, -0.2) is 9.78 Å². The van der Waals surface area contributed by atoms with Crippen LogP contribution in [0.2, 0.25) is 0 Å². The molecule has 0 amide bonds. The SMILES string of the molecule is CCC(CC)C(C)Nc1nccc(C(=O)OC)c1N. The van der Waals surface area contributed by atoms with Crippen LogP contribution in [0.4, 0.5) is 11.5 Å². The van der Waals surface area contributed by atoms with E-state index in [1.165, 1.54) is 7.11 Å². The van der Waals surface area contributed by atoms with Crippen LogP contribution in [0.25, 0.3) is 0 Å². The first-order chi connectivity index (χ1) is 9.04. The molecule has 3 N–H and O–H groups in total. The minimum atomic E-state index is -0.446. The summed E-state index contributed by atoms with van der Waals surface area (Å²) >= 11 is 0. The number of nitrogens with one attached hydrogen (secondary N) is 1. The van der Waals surface area contributed by atoms with Crippen molar-refractivity contribution in [2.24, 2.45) is 5.92 Å². The number of carbonyl (C=O) groups is 1. The molecule has 5 heteroatoms. The van der Waals surface area contributed by atoms with E-state index in [4.69, 9.17) is 10.5 Å². The number of hydrogen-bond acceptors (Lipinski definition) is 5. The van der Waals surface area contributed by atoms with Gasteiger partial charge in [-0.2, -0.15) is 0 Å². The lowest BCUT2D eigenvalue weighted by Gasteiger charge is -2.24. The lowest BCUT2D eigenvalue weighted by Crippen LogP contribution is -2.26. The van der Waals surface area contributed by atoms with Crippen LogP contribution in [0, 0.1) is 5.92 Å². The Morgan fingerprint density at radius 3 is 2.63 bits per heavy atom. The fraction of sp³-hybridized carbons (Fsp3) is 0.571. The van der Waals surface area contributed by atoms with Gasteiger partial charge in [0, 0.05) is 12.2 Å². The first-order valence-electron chi connectivity index (χ1n) is 6.64. The lowest BCUT2D eigenvalue weighted by atomic mass is 9.95. The molecule has 5 nitrogen and oxygen atoms in total. The van der Waals surface area contributed by atoms with Crippen LogP contribution in [0.15, 0.2) is 12.3 Å². The number of ether oxygens (including phenoxy) is 1. The summed E-state index contributed by atoms with van der Waals surface area (Å²) in [5.74, 6) is 0.642. The lowest BCUT2D eigenvalue weighted by molar-refractivity contribution is 0.0602. The highest BCUT2D eigenvalue weighted by molar-refractivity contribution is 5.97. The number of rotatable bonds is 6. The number of aromatic nitrogens is 1. The smallest absolute Gasteiger partial charge is 0.340 e. The van der Waals surface area contributed by atoms with Crippen LogP contribution >= 0.6 is 0 Å². The van der Waals surface area contributed by atoms with Gasteiger partial charge in [-0.15, -0.1) is 0 Å². The van der Waals surface area contributed by atoms with Gasteiger partial charge in [0.15, 0.2) is 0 Å². The van der Waals surface area contributed by atoms with Crippen molar-refractivity contribution in [3.05, 3.63) is 17.8 Å². The van der Waals surface area contributed by atoms with E-state index in [9.17, 15) is 4.79 Å². The topological polar surface area (TPSA) is 77.2 Å². The Bertz CT molecular complexity index is 431. The fourth-order valence-corrected chi connectivity index (χ4v) is 2.21. The Kier molecular flexibility index (Phi) is 5.60. The number of hydrogen-bond donors (Lipinski definition) is 2. The summed E-state index contributed by atoms with van der Waals surface area (Å²) in [6.07, 6.45) is 3.73. The van der Waals surface area contributed by atoms with Crippen molar-refractivity contribution in [1.29, 1.82) is 0 Å². The molecule has 1 aromatic heterocycles. The molecule has 1 heterocycles. The molecule has 1 atom stereocenters. The maximum Gasteiger partial charge on any atom is 0.340 e. The number of nitrogen functional groups attached to an aromatic ring is 1. The minimum absolute atomic E-state index is 0.248. The molecule has 0 aliphatic carbocycles. The van der Waals surface area contributed by atoms with Gasteiger partial charge in [0.2, 0.25) is 0 Å². The Hall–Kier alpha value is -1.78. The second-order valence-corrected chi connectivity index (χ2v) is 4.62. The Morgan fingerprint density at radius 2 is 2.11 bits per heavy atom. The normalized spacial score (nSPS) is 12.3. The van der Waals surface area contributed by atoms with Crippen molar-refractivity contribution in [3.63, 3.8) is 0 Å². The molecule has 0 aliphatic rings. The summed E-state index contributed by atoms with van der Waals surface area (Å²) in [6.45, 7) is 6.42. The third-order valence-corrected chi connectivity index (χ3v) is 3.52. The van der Waals surface area contributed by atoms with Gasteiger partial charge in [-0.1, -0.05) is 26.7 Å². The van der Waals surface area contributed by atoms with Crippen LogP contribution in [-0.4, -0.2) is 24.1 Å². The zero-order valence-electron chi connectivity index (χ0n) is 12.1. The number of pyridine rings is 1. The molecule has 0 radical (unpaired) electrons. The van der Waals surface area contributed by atoms with E-state index < -0.39 is 5.97 Å². The van der Waals surface area contributed by atoms with Gasteiger partial charge in [0.25, 0.3) is 0 Å². The van der Waals surface area contributed by atoms with E-state index in [0.717, 1.165) is 12.8 Å². The third kappa shape index (κ3) is 3.59. The highest BCUT2D eigenvalue weighted by atomic mass is 16.5. The van der Waals surface area contributed by atoms with Crippen LogP contribution in [0.3, 0.4) is 0 Å². The minimum Gasteiger partial charge on any atom is -0.465 e. The number of anilines is 2. The molecule has 0 saturated heterocycles. The van der Waals surface area contributed by atoms with E-state index in [2.05, 4.69) is 31.1 Å². The average molecular weight is 265 g/mol. The highest BCUT2D eigenvalue weighted by Crippen LogP contribution is 2.24. The molecule has 106 valence electrons. The number of nitrogens with zero attached hydrogens (tertiary/aromatic N) is 1. The van der Waals surface area contributed by atoms with E-state index in [1.54, 1.807) is 12.3 Å². The largest absolute Gasteiger partial charge is 0.465 e. The van der Waals surface area contributed by atoms with Crippen molar-refractivity contribution >= 4 is 17.5 Å². The molecule has 0 aliphatic heterocycles. The van der Waals surface area contributed by atoms with Crippen molar-refractivity contribution < 1.29 is 9.53 Å². The van der Waals surface area contributed by atoms with Gasteiger partial charge < -0.3 is 15.8 Å². The second-order valence-electron chi connectivity index (χ2n) is 4.62. The monoisotopic (exact) mass is 265 g/mol. The number of methoxy groups -OCH3 is 1. The maximum atomic E-state index is 11.6. The van der Waals surface area contributed by atoms with Crippen molar-refractivity contribution in [3.8, 4) is 0 Å².